The number of rotatable bonds is 4. The molecule has 0 aliphatic carbocycles. The van der Waals surface area contributed by atoms with E-state index in [-0.39, 0.29) is 23.3 Å². The maximum absolute atomic E-state index is 13.0. The van der Waals surface area contributed by atoms with Crippen molar-refractivity contribution in [2.75, 3.05) is 31.5 Å². The Morgan fingerprint density at radius 3 is 2.45 bits per heavy atom. The Labute approximate surface area is 167 Å². The number of aryl methyl sites for hydroxylation is 1. The van der Waals surface area contributed by atoms with E-state index in [9.17, 15) is 14.4 Å². The van der Waals surface area contributed by atoms with Gasteiger partial charge in [-0.2, -0.15) is 0 Å². The maximum atomic E-state index is 13.0. The Kier molecular flexibility index (Phi) is 4.99. The summed E-state index contributed by atoms with van der Waals surface area (Å²) in [5, 5.41) is 2.84. The van der Waals surface area contributed by atoms with E-state index in [1.807, 2.05) is 31.2 Å². The van der Waals surface area contributed by atoms with Gasteiger partial charge in [-0.05, 0) is 31.2 Å². The van der Waals surface area contributed by atoms with Gasteiger partial charge in [0.25, 0.3) is 11.8 Å². The monoisotopic (exact) mass is 391 g/mol. The number of nitrogens with one attached hydrogen (secondary N) is 1. The van der Waals surface area contributed by atoms with Crippen LogP contribution in [0.4, 0.5) is 5.69 Å². The molecule has 1 aromatic carbocycles. The van der Waals surface area contributed by atoms with Crippen LogP contribution in [-0.2, 0) is 4.79 Å². The molecule has 2 aromatic heterocycles. The van der Waals surface area contributed by atoms with Crippen LogP contribution in [-0.4, -0.2) is 63.6 Å². The Morgan fingerprint density at radius 1 is 1.03 bits per heavy atom. The summed E-state index contributed by atoms with van der Waals surface area (Å²) in [6.07, 6.45) is 2.51. The van der Waals surface area contributed by atoms with E-state index in [1.54, 1.807) is 38.6 Å². The zero-order valence-electron chi connectivity index (χ0n) is 16.0. The number of piperazine rings is 1. The van der Waals surface area contributed by atoms with Gasteiger partial charge in [-0.3, -0.25) is 18.8 Å². The summed E-state index contributed by atoms with van der Waals surface area (Å²) in [5.74, 6) is -0.442. The molecule has 8 heteroatoms. The molecule has 0 saturated carbocycles. The molecule has 0 atom stereocenters. The lowest BCUT2D eigenvalue weighted by molar-refractivity contribution is -0.119. The highest BCUT2D eigenvalue weighted by Crippen LogP contribution is 2.18. The summed E-state index contributed by atoms with van der Waals surface area (Å²) in [7, 11) is 0. The third-order valence-electron chi connectivity index (χ3n) is 5.01. The van der Waals surface area contributed by atoms with Crippen LogP contribution in [0.2, 0.25) is 0 Å². The van der Waals surface area contributed by atoms with Gasteiger partial charge in [-0.15, -0.1) is 0 Å². The van der Waals surface area contributed by atoms with Crippen LogP contribution in [0, 0.1) is 6.92 Å². The number of carbonyl (C=O) groups excluding carboxylic acids is 3. The van der Waals surface area contributed by atoms with Gasteiger partial charge in [-0.1, -0.05) is 23.8 Å². The van der Waals surface area contributed by atoms with Crippen molar-refractivity contribution in [1.29, 1.82) is 0 Å². The summed E-state index contributed by atoms with van der Waals surface area (Å²) >= 11 is 0. The van der Waals surface area contributed by atoms with Gasteiger partial charge >= 0.3 is 0 Å². The number of hydrogen-bond donors (Lipinski definition) is 1. The zero-order chi connectivity index (χ0) is 20.4. The van der Waals surface area contributed by atoms with Crippen molar-refractivity contribution in [2.45, 2.75) is 6.92 Å². The first-order valence-corrected chi connectivity index (χ1v) is 9.40. The van der Waals surface area contributed by atoms with Crippen LogP contribution in [0.15, 0.2) is 48.7 Å². The normalized spacial score (nSPS) is 14.1. The van der Waals surface area contributed by atoms with Gasteiger partial charge in [0.15, 0.2) is 5.69 Å². The second kappa shape index (κ2) is 7.75. The predicted octanol–water partition coefficient (Wildman–Crippen LogP) is 1.81. The molecule has 29 heavy (non-hydrogen) atoms. The van der Waals surface area contributed by atoms with Crippen molar-refractivity contribution in [3.63, 3.8) is 0 Å². The lowest BCUT2D eigenvalue weighted by Gasteiger charge is -2.32. The first kappa shape index (κ1) is 18.7. The Balaban J connectivity index is 1.63. The average Bonchev–Trinajstić information content (AvgIpc) is 3.15. The molecule has 0 bridgehead atoms. The fourth-order valence-electron chi connectivity index (χ4n) is 3.35. The molecule has 148 valence electrons. The van der Waals surface area contributed by atoms with Gasteiger partial charge in [0.1, 0.15) is 0 Å². The largest absolute Gasteiger partial charge is 0.342 e. The van der Waals surface area contributed by atoms with Crippen LogP contribution in [0.3, 0.4) is 0 Å². The van der Waals surface area contributed by atoms with Crippen molar-refractivity contribution in [1.82, 2.24) is 19.2 Å². The minimum Gasteiger partial charge on any atom is -0.342 e. The number of anilines is 1. The van der Waals surface area contributed by atoms with E-state index in [1.165, 1.54) is 0 Å². The highest BCUT2D eigenvalue weighted by molar-refractivity contribution is 6.09. The standard InChI is InChI=1S/C21H21N5O3/c1-15-5-7-16(8-6-15)22-20(28)18-17-4-2-3-9-26(17)19(23-18)21(29)25-12-10-24(14-27)11-13-25/h2-9,14H,10-13H2,1H3,(H,22,28). The van der Waals surface area contributed by atoms with Gasteiger partial charge in [0.2, 0.25) is 12.2 Å². The van der Waals surface area contributed by atoms with Gasteiger partial charge in [-0.25, -0.2) is 4.98 Å². The maximum Gasteiger partial charge on any atom is 0.290 e. The molecule has 1 N–H and O–H groups in total. The van der Waals surface area contributed by atoms with Crippen molar-refractivity contribution in [2.24, 2.45) is 0 Å². The average molecular weight is 391 g/mol. The van der Waals surface area contributed by atoms with Crippen molar-refractivity contribution >= 4 is 29.4 Å². The van der Waals surface area contributed by atoms with Crippen LogP contribution >= 0.6 is 0 Å². The number of benzene rings is 1. The number of nitrogens with zero attached hydrogens (tertiary/aromatic N) is 4. The number of carbonyl (C=O) groups is 3. The van der Waals surface area contributed by atoms with Crippen LogP contribution < -0.4 is 5.32 Å². The van der Waals surface area contributed by atoms with Crippen LogP contribution in [0.5, 0.6) is 0 Å². The lowest BCUT2D eigenvalue weighted by Crippen LogP contribution is -2.48. The summed E-state index contributed by atoms with van der Waals surface area (Å²) < 4.78 is 1.64. The first-order valence-electron chi connectivity index (χ1n) is 9.40. The van der Waals surface area contributed by atoms with Crippen molar-refractivity contribution in [3.05, 3.63) is 65.7 Å². The Morgan fingerprint density at radius 2 is 1.76 bits per heavy atom. The molecular formula is C21H21N5O3. The summed E-state index contributed by atoms with van der Waals surface area (Å²) in [6, 6.07) is 12.8. The fraction of sp³-hybridized carbons (Fsp3) is 0.238. The first-order chi connectivity index (χ1) is 14.1. The second-order valence-electron chi connectivity index (χ2n) is 6.99. The minimum atomic E-state index is -0.373. The number of pyridine rings is 1. The minimum absolute atomic E-state index is 0.189. The number of imidazole rings is 1. The molecule has 1 saturated heterocycles. The zero-order valence-corrected chi connectivity index (χ0v) is 16.0. The molecule has 1 aliphatic rings. The SMILES string of the molecule is Cc1ccc(NC(=O)c2nc(C(=O)N3CCN(C=O)CC3)n3ccccc23)cc1. The smallest absolute Gasteiger partial charge is 0.290 e. The summed E-state index contributed by atoms with van der Waals surface area (Å²) in [5.41, 5.74) is 2.52. The third kappa shape index (κ3) is 3.69. The summed E-state index contributed by atoms with van der Waals surface area (Å²) in [4.78, 5) is 44.5. The number of fused-ring (bicyclic) bond motifs is 1. The van der Waals surface area contributed by atoms with Gasteiger partial charge in [0.05, 0.1) is 5.52 Å². The number of aromatic nitrogens is 2. The van der Waals surface area contributed by atoms with E-state index in [0.29, 0.717) is 37.4 Å². The predicted molar refractivity (Wildman–Crippen MR) is 108 cm³/mol. The molecule has 4 rings (SSSR count). The van der Waals surface area contributed by atoms with E-state index in [0.717, 1.165) is 12.0 Å². The molecule has 1 fully saturated rings. The lowest BCUT2D eigenvalue weighted by atomic mass is 10.2. The second-order valence-corrected chi connectivity index (χ2v) is 6.99. The molecule has 0 unspecified atom stereocenters. The molecular weight excluding hydrogens is 370 g/mol. The topological polar surface area (TPSA) is 87.0 Å². The van der Waals surface area contributed by atoms with E-state index >= 15 is 0 Å². The van der Waals surface area contributed by atoms with Gasteiger partial charge in [0, 0.05) is 38.1 Å². The van der Waals surface area contributed by atoms with Crippen LogP contribution in [0.1, 0.15) is 26.7 Å². The Bertz CT molecular complexity index is 1070. The molecule has 1 aliphatic heterocycles. The third-order valence-corrected chi connectivity index (χ3v) is 5.01. The van der Waals surface area contributed by atoms with Crippen molar-refractivity contribution in [3.8, 4) is 0 Å². The van der Waals surface area contributed by atoms with E-state index in [4.69, 9.17) is 0 Å². The molecule has 0 spiro atoms. The number of hydrogen-bond acceptors (Lipinski definition) is 4. The highest BCUT2D eigenvalue weighted by Gasteiger charge is 2.27. The quantitative estimate of drug-likeness (QED) is 0.687. The molecule has 3 aromatic rings. The van der Waals surface area contributed by atoms with Gasteiger partial charge < -0.3 is 15.1 Å². The van der Waals surface area contributed by atoms with Crippen LogP contribution in [0.25, 0.3) is 5.52 Å². The van der Waals surface area contributed by atoms with Crippen molar-refractivity contribution < 1.29 is 14.4 Å². The molecule has 0 radical (unpaired) electrons. The summed E-state index contributed by atoms with van der Waals surface area (Å²) in [6.45, 7) is 3.81. The van der Waals surface area contributed by atoms with E-state index < -0.39 is 0 Å². The highest BCUT2D eigenvalue weighted by atomic mass is 16.2. The fourth-order valence-corrected chi connectivity index (χ4v) is 3.35. The number of amides is 3. The molecule has 3 amide bonds. The molecule has 8 nitrogen and oxygen atoms in total. The van der Waals surface area contributed by atoms with E-state index in [2.05, 4.69) is 10.3 Å². The molecule has 3 heterocycles. The Hall–Kier alpha value is -3.68.